The Balaban J connectivity index is 1.58. The Morgan fingerprint density at radius 3 is 2.66 bits per heavy atom. The SMILES string of the molecule is Cc1cc([C@@H]2[C@H](c3ccccn3)NC(=S)N2c2ccc(NC(=O)C(C)C)c(Cl)c2)c(C)n1Cc1ccco1. The molecule has 196 valence electrons. The van der Waals surface area contributed by atoms with Gasteiger partial charge in [0, 0.05) is 29.2 Å². The number of thiocarbonyl (C=S) groups is 1. The second kappa shape index (κ2) is 10.6. The summed E-state index contributed by atoms with van der Waals surface area (Å²) in [4.78, 5) is 19.0. The Kier molecular flexibility index (Phi) is 7.27. The Morgan fingerprint density at radius 1 is 1.18 bits per heavy atom. The number of aryl methyl sites for hydroxylation is 1. The van der Waals surface area contributed by atoms with E-state index in [9.17, 15) is 4.79 Å². The van der Waals surface area contributed by atoms with Crippen molar-refractivity contribution in [3.05, 3.63) is 100 Å². The monoisotopic (exact) mass is 547 g/mol. The molecule has 0 saturated carbocycles. The van der Waals surface area contributed by atoms with Gasteiger partial charge in [-0.05, 0) is 80.2 Å². The van der Waals surface area contributed by atoms with Crippen LogP contribution in [0.1, 0.15) is 54.3 Å². The summed E-state index contributed by atoms with van der Waals surface area (Å²) in [5, 5.41) is 7.43. The van der Waals surface area contributed by atoms with Crippen molar-refractivity contribution in [3.63, 3.8) is 0 Å². The number of halogens is 1. The number of anilines is 2. The molecule has 1 amide bonds. The normalized spacial score (nSPS) is 17.2. The largest absolute Gasteiger partial charge is 0.467 e. The van der Waals surface area contributed by atoms with E-state index in [1.165, 1.54) is 0 Å². The number of benzene rings is 1. The van der Waals surface area contributed by atoms with Gasteiger partial charge in [0.1, 0.15) is 5.76 Å². The standard InChI is InChI=1S/C29H30ClN5O2S/c1-17(2)28(36)32-24-11-10-20(15-23(24)30)35-27(26(33-29(35)38)25-9-5-6-12-31-25)22-14-18(3)34(19(22)4)16-21-8-7-13-37-21/h5-15,17,26-27H,16H2,1-4H3,(H,32,36)(H,33,38)/t26-,27+/m0/s1. The third-order valence-corrected chi connectivity index (χ3v) is 7.56. The fourth-order valence-electron chi connectivity index (χ4n) is 4.91. The minimum absolute atomic E-state index is 0.0879. The number of pyridine rings is 1. The van der Waals surface area contributed by atoms with Gasteiger partial charge in [0.05, 0.1) is 41.3 Å². The lowest BCUT2D eigenvalue weighted by Gasteiger charge is -2.28. The van der Waals surface area contributed by atoms with Gasteiger partial charge in [-0.2, -0.15) is 0 Å². The quantitative estimate of drug-likeness (QED) is 0.255. The molecule has 4 heterocycles. The van der Waals surface area contributed by atoms with Crippen LogP contribution in [0.25, 0.3) is 0 Å². The lowest BCUT2D eigenvalue weighted by molar-refractivity contribution is -0.118. The number of carbonyl (C=O) groups is 1. The first-order valence-electron chi connectivity index (χ1n) is 12.5. The molecule has 1 fully saturated rings. The Labute approximate surface area is 232 Å². The summed E-state index contributed by atoms with van der Waals surface area (Å²) in [5.41, 5.74) is 5.66. The van der Waals surface area contributed by atoms with Crippen LogP contribution in [0.15, 0.2) is 71.5 Å². The van der Waals surface area contributed by atoms with Crippen LogP contribution in [-0.4, -0.2) is 20.6 Å². The maximum absolute atomic E-state index is 12.3. The van der Waals surface area contributed by atoms with Gasteiger partial charge in [-0.25, -0.2) is 0 Å². The first-order chi connectivity index (χ1) is 18.2. The van der Waals surface area contributed by atoms with E-state index >= 15 is 0 Å². The lowest BCUT2D eigenvalue weighted by Crippen LogP contribution is -2.29. The Hall–Kier alpha value is -3.62. The fourth-order valence-corrected chi connectivity index (χ4v) is 5.48. The van der Waals surface area contributed by atoms with Crippen LogP contribution in [0.2, 0.25) is 5.02 Å². The van der Waals surface area contributed by atoms with Crippen molar-refractivity contribution in [2.24, 2.45) is 5.92 Å². The van der Waals surface area contributed by atoms with E-state index in [0.29, 0.717) is 22.4 Å². The molecule has 1 aromatic carbocycles. The van der Waals surface area contributed by atoms with Gasteiger partial charge in [0.15, 0.2) is 5.11 Å². The zero-order valence-electron chi connectivity index (χ0n) is 21.7. The van der Waals surface area contributed by atoms with E-state index in [0.717, 1.165) is 34.1 Å². The highest BCUT2D eigenvalue weighted by molar-refractivity contribution is 7.80. The Bertz CT molecular complexity index is 1470. The molecule has 2 N–H and O–H groups in total. The molecule has 1 saturated heterocycles. The van der Waals surface area contributed by atoms with E-state index in [4.69, 9.17) is 28.2 Å². The highest BCUT2D eigenvalue weighted by Gasteiger charge is 2.42. The number of hydrogen-bond donors (Lipinski definition) is 2. The van der Waals surface area contributed by atoms with Crippen LogP contribution >= 0.6 is 23.8 Å². The van der Waals surface area contributed by atoms with Crippen molar-refractivity contribution < 1.29 is 9.21 Å². The molecule has 2 atom stereocenters. The highest BCUT2D eigenvalue weighted by atomic mass is 35.5. The zero-order chi connectivity index (χ0) is 27.0. The van der Waals surface area contributed by atoms with E-state index in [-0.39, 0.29) is 23.9 Å². The summed E-state index contributed by atoms with van der Waals surface area (Å²) in [6, 6.07) is 17.2. The molecule has 0 bridgehead atoms. The maximum Gasteiger partial charge on any atom is 0.226 e. The van der Waals surface area contributed by atoms with E-state index < -0.39 is 0 Å². The summed E-state index contributed by atoms with van der Waals surface area (Å²) in [6.45, 7) is 8.55. The number of nitrogens with one attached hydrogen (secondary N) is 2. The molecule has 0 aliphatic carbocycles. The Morgan fingerprint density at radius 2 is 2.00 bits per heavy atom. The second-order valence-corrected chi connectivity index (χ2v) is 10.6. The average molecular weight is 548 g/mol. The van der Waals surface area contributed by atoms with Gasteiger partial charge in [0.2, 0.25) is 5.91 Å². The lowest BCUT2D eigenvalue weighted by atomic mass is 9.96. The van der Waals surface area contributed by atoms with Crippen molar-refractivity contribution in [1.82, 2.24) is 14.9 Å². The van der Waals surface area contributed by atoms with E-state index in [2.05, 4.69) is 45.0 Å². The number of hydrogen-bond acceptors (Lipinski definition) is 4. The van der Waals surface area contributed by atoms with Gasteiger partial charge in [-0.1, -0.05) is 31.5 Å². The van der Waals surface area contributed by atoms with Crippen molar-refractivity contribution in [2.75, 3.05) is 10.2 Å². The fraction of sp³-hybridized carbons (Fsp3) is 0.276. The molecule has 1 aliphatic rings. The predicted octanol–water partition coefficient (Wildman–Crippen LogP) is 6.57. The molecule has 3 aromatic heterocycles. The van der Waals surface area contributed by atoms with Crippen LogP contribution in [0.5, 0.6) is 0 Å². The minimum atomic E-state index is -0.180. The summed E-state index contributed by atoms with van der Waals surface area (Å²) < 4.78 is 7.88. The van der Waals surface area contributed by atoms with Crippen LogP contribution in [-0.2, 0) is 11.3 Å². The number of carbonyl (C=O) groups excluding carboxylic acids is 1. The molecule has 7 nitrogen and oxygen atoms in total. The molecular formula is C29H30ClN5O2S. The molecule has 1 aliphatic heterocycles. The number of aromatic nitrogens is 2. The predicted molar refractivity (Wildman–Crippen MR) is 155 cm³/mol. The van der Waals surface area contributed by atoms with Crippen molar-refractivity contribution >= 4 is 46.2 Å². The molecule has 9 heteroatoms. The van der Waals surface area contributed by atoms with Crippen LogP contribution in [0.4, 0.5) is 11.4 Å². The van der Waals surface area contributed by atoms with Gasteiger partial charge in [0.25, 0.3) is 0 Å². The van der Waals surface area contributed by atoms with E-state index in [1.807, 2.05) is 62.4 Å². The molecule has 0 spiro atoms. The zero-order valence-corrected chi connectivity index (χ0v) is 23.3. The second-order valence-electron chi connectivity index (χ2n) is 9.80. The maximum atomic E-state index is 12.3. The van der Waals surface area contributed by atoms with Crippen molar-refractivity contribution in [2.45, 2.75) is 46.3 Å². The number of amides is 1. The first-order valence-corrected chi connectivity index (χ1v) is 13.3. The van der Waals surface area contributed by atoms with Gasteiger partial charge < -0.3 is 24.5 Å². The minimum Gasteiger partial charge on any atom is -0.467 e. The molecule has 4 aromatic rings. The smallest absolute Gasteiger partial charge is 0.226 e. The van der Waals surface area contributed by atoms with Crippen LogP contribution < -0.4 is 15.5 Å². The van der Waals surface area contributed by atoms with Crippen molar-refractivity contribution in [1.29, 1.82) is 0 Å². The number of rotatable bonds is 7. The third kappa shape index (κ3) is 4.93. The molecular weight excluding hydrogens is 518 g/mol. The van der Waals surface area contributed by atoms with Crippen molar-refractivity contribution in [3.8, 4) is 0 Å². The molecule has 0 radical (unpaired) electrons. The molecule has 5 rings (SSSR count). The summed E-state index contributed by atoms with van der Waals surface area (Å²) >= 11 is 12.5. The van der Waals surface area contributed by atoms with Gasteiger partial charge >= 0.3 is 0 Å². The summed E-state index contributed by atoms with van der Waals surface area (Å²) in [7, 11) is 0. The number of furan rings is 1. The van der Waals surface area contributed by atoms with Crippen LogP contribution in [0, 0.1) is 19.8 Å². The third-order valence-electron chi connectivity index (χ3n) is 6.94. The average Bonchev–Trinajstić information content (AvgIpc) is 3.60. The summed E-state index contributed by atoms with van der Waals surface area (Å²) in [6.07, 6.45) is 3.49. The van der Waals surface area contributed by atoms with E-state index in [1.54, 1.807) is 12.5 Å². The molecule has 38 heavy (non-hydrogen) atoms. The molecule has 0 unspecified atom stereocenters. The van der Waals surface area contributed by atoms with Gasteiger partial charge in [-0.3, -0.25) is 9.78 Å². The van der Waals surface area contributed by atoms with Gasteiger partial charge in [-0.15, -0.1) is 0 Å². The highest BCUT2D eigenvalue weighted by Crippen LogP contribution is 2.44. The topological polar surface area (TPSA) is 75.3 Å². The summed E-state index contributed by atoms with van der Waals surface area (Å²) in [5.74, 6) is 0.651. The van der Waals surface area contributed by atoms with Crippen LogP contribution in [0.3, 0.4) is 0 Å². The number of nitrogens with zero attached hydrogens (tertiary/aromatic N) is 3. The first kappa shape index (κ1) is 26.0.